The van der Waals surface area contributed by atoms with E-state index in [1.165, 1.54) is 12.1 Å². The summed E-state index contributed by atoms with van der Waals surface area (Å²) in [5.41, 5.74) is 0.222. The zero-order valence-electron chi connectivity index (χ0n) is 8.92. The van der Waals surface area contributed by atoms with Crippen molar-refractivity contribution < 1.29 is 17.9 Å². The number of halogens is 3. The minimum absolute atomic E-state index is 0.0442. The smallest absolute Gasteiger partial charge is 0.371 e. The molecule has 88 valence electrons. The van der Waals surface area contributed by atoms with Crippen LogP contribution in [0.4, 0.5) is 13.2 Å². The van der Waals surface area contributed by atoms with Crippen LogP contribution in [0.2, 0.25) is 0 Å². The number of alkyl halides is 3. The Bertz CT molecular complexity index is 356. The standard InChI is InChI=1S/C12H13F3O/c1-8-2-7-11(16-8)9-3-5-10(6-4-9)12(13,14)15/h3-6,8,11H,2,7H2,1H3/t8-,11+/m0/s1. The summed E-state index contributed by atoms with van der Waals surface area (Å²) in [6.07, 6.45) is -2.26. The lowest BCUT2D eigenvalue weighted by Gasteiger charge is -2.13. The monoisotopic (exact) mass is 230 g/mol. The van der Waals surface area contributed by atoms with E-state index < -0.39 is 11.7 Å². The van der Waals surface area contributed by atoms with Gasteiger partial charge >= 0.3 is 6.18 Å². The van der Waals surface area contributed by atoms with Crippen molar-refractivity contribution in [3.8, 4) is 0 Å². The first-order valence-corrected chi connectivity index (χ1v) is 5.29. The van der Waals surface area contributed by atoms with Crippen LogP contribution in [0.3, 0.4) is 0 Å². The first-order valence-electron chi connectivity index (χ1n) is 5.29. The average molecular weight is 230 g/mol. The molecule has 16 heavy (non-hydrogen) atoms. The lowest BCUT2D eigenvalue weighted by Crippen LogP contribution is -2.06. The van der Waals surface area contributed by atoms with Crippen LogP contribution >= 0.6 is 0 Å². The molecule has 0 N–H and O–H groups in total. The maximum Gasteiger partial charge on any atom is 0.416 e. The Morgan fingerprint density at radius 1 is 1.12 bits per heavy atom. The van der Waals surface area contributed by atoms with Crippen molar-refractivity contribution >= 4 is 0 Å². The van der Waals surface area contributed by atoms with Gasteiger partial charge in [0, 0.05) is 0 Å². The summed E-state index contributed by atoms with van der Waals surface area (Å²) < 4.78 is 42.6. The van der Waals surface area contributed by atoms with E-state index in [9.17, 15) is 13.2 Å². The zero-order valence-corrected chi connectivity index (χ0v) is 8.92. The third-order valence-corrected chi connectivity index (χ3v) is 2.84. The van der Waals surface area contributed by atoms with E-state index in [1.807, 2.05) is 6.92 Å². The largest absolute Gasteiger partial charge is 0.416 e. The minimum Gasteiger partial charge on any atom is -0.371 e. The molecular formula is C12H13F3O. The Balaban J connectivity index is 2.14. The second-order valence-corrected chi connectivity index (χ2v) is 4.13. The van der Waals surface area contributed by atoms with Gasteiger partial charge in [0.05, 0.1) is 17.8 Å². The molecule has 0 radical (unpaired) electrons. The van der Waals surface area contributed by atoms with Gasteiger partial charge in [0.1, 0.15) is 0 Å². The Kier molecular flexibility index (Phi) is 2.93. The molecule has 0 amide bonds. The van der Waals surface area contributed by atoms with Crippen molar-refractivity contribution in [1.29, 1.82) is 0 Å². The summed E-state index contributed by atoms with van der Waals surface area (Å²) in [5, 5.41) is 0. The van der Waals surface area contributed by atoms with Crippen LogP contribution in [0, 0.1) is 0 Å². The molecule has 1 aromatic rings. The highest BCUT2D eigenvalue weighted by atomic mass is 19.4. The number of rotatable bonds is 1. The quantitative estimate of drug-likeness (QED) is 0.709. The fraction of sp³-hybridized carbons (Fsp3) is 0.500. The summed E-state index contributed by atoms with van der Waals surface area (Å²) in [6, 6.07) is 5.24. The Morgan fingerprint density at radius 3 is 2.19 bits per heavy atom. The predicted molar refractivity (Wildman–Crippen MR) is 54.0 cm³/mol. The fourth-order valence-electron chi connectivity index (χ4n) is 1.93. The molecule has 2 atom stereocenters. The van der Waals surface area contributed by atoms with Gasteiger partial charge in [-0.1, -0.05) is 12.1 Å². The molecule has 1 fully saturated rings. The maximum absolute atomic E-state index is 12.3. The van der Waals surface area contributed by atoms with E-state index in [1.54, 1.807) is 0 Å². The highest BCUT2D eigenvalue weighted by Crippen LogP contribution is 2.34. The second-order valence-electron chi connectivity index (χ2n) is 4.13. The third kappa shape index (κ3) is 2.38. The molecule has 0 aromatic heterocycles. The van der Waals surface area contributed by atoms with Crippen LogP contribution in [0.5, 0.6) is 0 Å². The van der Waals surface area contributed by atoms with Gasteiger partial charge in [0.2, 0.25) is 0 Å². The molecule has 0 saturated carbocycles. The summed E-state index contributed by atoms with van der Waals surface area (Å²) in [5.74, 6) is 0. The molecule has 2 rings (SSSR count). The normalized spacial score (nSPS) is 26.0. The Hall–Kier alpha value is -1.03. The van der Waals surface area contributed by atoms with Crippen molar-refractivity contribution in [1.82, 2.24) is 0 Å². The van der Waals surface area contributed by atoms with Crippen molar-refractivity contribution in [2.24, 2.45) is 0 Å². The lowest BCUT2D eigenvalue weighted by atomic mass is 10.0. The van der Waals surface area contributed by atoms with E-state index in [0.717, 1.165) is 30.5 Å². The van der Waals surface area contributed by atoms with Gasteiger partial charge in [-0.05, 0) is 37.5 Å². The van der Waals surface area contributed by atoms with Gasteiger partial charge in [-0.2, -0.15) is 13.2 Å². The summed E-state index contributed by atoms with van der Waals surface area (Å²) >= 11 is 0. The lowest BCUT2D eigenvalue weighted by molar-refractivity contribution is -0.137. The SMILES string of the molecule is C[C@H]1CC[C@H](c2ccc(C(F)(F)F)cc2)O1. The molecule has 1 aromatic carbocycles. The van der Waals surface area contributed by atoms with Crippen molar-refractivity contribution in [2.75, 3.05) is 0 Å². The highest BCUT2D eigenvalue weighted by molar-refractivity contribution is 5.26. The van der Waals surface area contributed by atoms with Gasteiger partial charge in [0.15, 0.2) is 0 Å². The maximum atomic E-state index is 12.3. The van der Waals surface area contributed by atoms with Gasteiger partial charge < -0.3 is 4.74 Å². The summed E-state index contributed by atoms with van der Waals surface area (Å²) in [4.78, 5) is 0. The van der Waals surface area contributed by atoms with E-state index >= 15 is 0 Å². The first-order chi connectivity index (χ1) is 7.47. The van der Waals surface area contributed by atoms with Crippen LogP contribution in [0.1, 0.15) is 37.0 Å². The van der Waals surface area contributed by atoms with Crippen molar-refractivity contribution in [3.05, 3.63) is 35.4 Å². The molecule has 1 nitrogen and oxygen atoms in total. The molecule has 4 heteroatoms. The molecule has 0 bridgehead atoms. The van der Waals surface area contributed by atoms with Crippen LogP contribution in [0.15, 0.2) is 24.3 Å². The molecule has 1 heterocycles. The molecule has 1 aliphatic heterocycles. The van der Waals surface area contributed by atoms with E-state index in [-0.39, 0.29) is 12.2 Å². The summed E-state index contributed by atoms with van der Waals surface area (Å²) in [6.45, 7) is 1.98. The van der Waals surface area contributed by atoms with Gasteiger partial charge in [0.25, 0.3) is 0 Å². The van der Waals surface area contributed by atoms with E-state index in [2.05, 4.69) is 0 Å². The first kappa shape index (κ1) is 11.5. The van der Waals surface area contributed by atoms with Crippen LogP contribution in [0.25, 0.3) is 0 Å². The zero-order chi connectivity index (χ0) is 11.8. The van der Waals surface area contributed by atoms with Crippen LogP contribution in [-0.2, 0) is 10.9 Å². The topological polar surface area (TPSA) is 9.23 Å². The van der Waals surface area contributed by atoms with Crippen molar-refractivity contribution in [3.63, 3.8) is 0 Å². The predicted octanol–water partition coefficient (Wildman–Crippen LogP) is 3.95. The van der Waals surface area contributed by atoms with E-state index in [0.29, 0.717) is 0 Å². The number of hydrogen-bond donors (Lipinski definition) is 0. The molecule has 1 saturated heterocycles. The third-order valence-electron chi connectivity index (χ3n) is 2.84. The molecule has 0 spiro atoms. The van der Waals surface area contributed by atoms with Gasteiger partial charge in [-0.25, -0.2) is 0 Å². The van der Waals surface area contributed by atoms with Gasteiger partial charge in [-0.3, -0.25) is 0 Å². The second kappa shape index (κ2) is 4.09. The molecule has 1 aliphatic rings. The molecule has 0 unspecified atom stereocenters. The van der Waals surface area contributed by atoms with E-state index in [4.69, 9.17) is 4.74 Å². The average Bonchev–Trinajstić information content (AvgIpc) is 2.64. The van der Waals surface area contributed by atoms with Crippen LogP contribution < -0.4 is 0 Å². The van der Waals surface area contributed by atoms with Gasteiger partial charge in [-0.15, -0.1) is 0 Å². The van der Waals surface area contributed by atoms with Crippen LogP contribution in [-0.4, -0.2) is 6.10 Å². The number of hydrogen-bond acceptors (Lipinski definition) is 1. The number of benzene rings is 1. The minimum atomic E-state index is -4.26. The fourth-order valence-corrected chi connectivity index (χ4v) is 1.93. The molecule has 0 aliphatic carbocycles. The van der Waals surface area contributed by atoms with Crippen molar-refractivity contribution in [2.45, 2.75) is 38.1 Å². The summed E-state index contributed by atoms with van der Waals surface area (Å²) in [7, 11) is 0. The molecular weight excluding hydrogens is 217 g/mol. The number of ether oxygens (including phenoxy) is 1. The Labute approximate surface area is 92.2 Å². The Morgan fingerprint density at radius 2 is 1.75 bits per heavy atom. The highest BCUT2D eigenvalue weighted by Gasteiger charge is 2.31.